The molecule has 2 N–H and O–H groups in total. The van der Waals surface area contributed by atoms with Crippen LogP contribution in [-0.2, 0) is 7.05 Å². The number of carbonyl (C=O) groups excluding carboxylic acids is 1. The van der Waals surface area contributed by atoms with Gasteiger partial charge in [0.15, 0.2) is 0 Å². The molecule has 0 bridgehead atoms. The molecule has 0 saturated carbocycles. The van der Waals surface area contributed by atoms with Gasteiger partial charge in [0.2, 0.25) is 0 Å². The third kappa shape index (κ3) is 4.00. The van der Waals surface area contributed by atoms with E-state index in [0.717, 1.165) is 50.9 Å². The smallest absolute Gasteiger partial charge is 0.272 e. The standard InChI is InChI=1S/C24H22IN7O/c1-14-22(24(33)28-18-7-8-27-12-18)29-23(15-3-4-16(11-26)20(25)10-15)32(14)19-5-6-21-17(9-19)13-31(2)30-21/h3-6,9-10,13,18,27H,7-8,12H2,1-2H3,(H,28,33). The van der Waals surface area contributed by atoms with Crippen molar-refractivity contribution in [2.24, 2.45) is 7.05 Å². The van der Waals surface area contributed by atoms with Gasteiger partial charge in [0.05, 0.1) is 16.8 Å². The van der Waals surface area contributed by atoms with Gasteiger partial charge in [-0.25, -0.2) is 4.98 Å². The second-order valence-electron chi connectivity index (χ2n) is 8.22. The summed E-state index contributed by atoms with van der Waals surface area (Å²) >= 11 is 2.16. The lowest BCUT2D eigenvalue weighted by Crippen LogP contribution is -2.36. The maximum atomic E-state index is 13.2. The number of aryl methyl sites for hydroxylation is 1. The van der Waals surface area contributed by atoms with Crippen LogP contribution in [0.25, 0.3) is 28.0 Å². The number of fused-ring (bicyclic) bond motifs is 1. The van der Waals surface area contributed by atoms with E-state index in [-0.39, 0.29) is 11.9 Å². The first-order valence-corrected chi connectivity index (χ1v) is 11.8. The Morgan fingerprint density at radius 1 is 1.30 bits per heavy atom. The van der Waals surface area contributed by atoms with Crippen LogP contribution in [0.4, 0.5) is 0 Å². The Hall–Kier alpha value is -3.23. The molecule has 9 heteroatoms. The number of imidazole rings is 1. The Morgan fingerprint density at radius 2 is 2.15 bits per heavy atom. The van der Waals surface area contributed by atoms with E-state index in [0.29, 0.717) is 17.1 Å². The first kappa shape index (κ1) is 21.6. The predicted octanol–water partition coefficient (Wildman–Crippen LogP) is 3.30. The van der Waals surface area contributed by atoms with Gasteiger partial charge in [-0.15, -0.1) is 0 Å². The van der Waals surface area contributed by atoms with Crippen molar-refractivity contribution in [1.29, 1.82) is 5.26 Å². The maximum Gasteiger partial charge on any atom is 0.272 e. The van der Waals surface area contributed by atoms with Crippen LogP contribution in [0.3, 0.4) is 0 Å². The Balaban J connectivity index is 1.66. The summed E-state index contributed by atoms with van der Waals surface area (Å²) in [5.41, 5.74) is 4.42. The fourth-order valence-electron chi connectivity index (χ4n) is 4.28. The topological polar surface area (TPSA) is 101 Å². The lowest BCUT2D eigenvalue weighted by molar-refractivity contribution is 0.0935. The van der Waals surface area contributed by atoms with Crippen molar-refractivity contribution in [2.45, 2.75) is 19.4 Å². The summed E-state index contributed by atoms with van der Waals surface area (Å²) in [5.74, 6) is 0.486. The number of amides is 1. The second kappa shape index (κ2) is 8.61. The van der Waals surface area contributed by atoms with Crippen molar-refractivity contribution in [3.8, 4) is 23.1 Å². The first-order valence-electron chi connectivity index (χ1n) is 10.7. The molecule has 2 aromatic heterocycles. The second-order valence-corrected chi connectivity index (χ2v) is 9.38. The molecule has 1 atom stereocenters. The number of rotatable bonds is 4. The fraction of sp³-hybridized carbons (Fsp3) is 0.250. The molecule has 3 heterocycles. The van der Waals surface area contributed by atoms with Gasteiger partial charge in [0, 0.05) is 46.0 Å². The third-order valence-electron chi connectivity index (χ3n) is 5.93. The molecule has 0 aliphatic carbocycles. The number of aromatic nitrogens is 4. The van der Waals surface area contributed by atoms with E-state index in [1.165, 1.54) is 0 Å². The number of carbonyl (C=O) groups is 1. The van der Waals surface area contributed by atoms with Gasteiger partial charge < -0.3 is 10.6 Å². The Labute approximate surface area is 204 Å². The van der Waals surface area contributed by atoms with Gasteiger partial charge in [-0.1, -0.05) is 0 Å². The molecular weight excluding hydrogens is 529 g/mol. The predicted molar refractivity (Wildman–Crippen MR) is 134 cm³/mol. The summed E-state index contributed by atoms with van der Waals surface area (Å²) in [6.07, 6.45) is 2.87. The van der Waals surface area contributed by atoms with E-state index in [4.69, 9.17) is 4.98 Å². The normalized spacial score (nSPS) is 15.6. The zero-order valence-electron chi connectivity index (χ0n) is 18.3. The molecule has 5 rings (SSSR count). The number of nitrogens with one attached hydrogen (secondary N) is 2. The van der Waals surface area contributed by atoms with E-state index in [9.17, 15) is 10.1 Å². The molecule has 1 amide bonds. The molecular formula is C24H22IN7O. The maximum absolute atomic E-state index is 13.2. The van der Waals surface area contributed by atoms with Crippen LogP contribution < -0.4 is 10.6 Å². The van der Waals surface area contributed by atoms with Gasteiger partial charge in [-0.05, 0) is 78.9 Å². The summed E-state index contributed by atoms with van der Waals surface area (Å²) < 4.78 is 4.63. The minimum absolute atomic E-state index is 0.105. The summed E-state index contributed by atoms with van der Waals surface area (Å²) in [4.78, 5) is 18.0. The van der Waals surface area contributed by atoms with E-state index in [1.54, 1.807) is 10.7 Å². The molecule has 4 aromatic rings. The SMILES string of the molecule is Cc1c(C(=O)NC2CCNC2)nc(-c2ccc(C#N)c(I)c2)n1-c1ccc2nn(C)cc2c1. The minimum atomic E-state index is -0.174. The van der Waals surface area contributed by atoms with Crippen molar-refractivity contribution in [1.82, 2.24) is 30.0 Å². The van der Waals surface area contributed by atoms with E-state index >= 15 is 0 Å². The van der Waals surface area contributed by atoms with Gasteiger partial charge >= 0.3 is 0 Å². The molecule has 166 valence electrons. The minimum Gasteiger partial charge on any atom is -0.347 e. The number of benzene rings is 2. The zero-order valence-corrected chi connectivity index (χ0v) is 20.4. The Bertz CT molecular complexity index is 1420. The average molecular weight is 551 g/mol. The first-order chi connectivity index (χ1) is 15.9. The van der Waals surface area contributed by atoms with Crippen LogP contribution in [0, 0.1) is 21.8 Å². The van der Waals surface area contributed by atoms with Gasteiger partial charge in [0.25, 0.3) is 5.91 Å². The monoisotopic (exact) mass is 551 g/mol. The summed E-state index contributed by atoms with van der Waals surface area (Å²) in [6.45, 7) is 3.59. The van der Waals surface area contributed by atoms with Crippen LogP contribution in [-0.4, -0.2) is 44.4 Å². The van der Waals surface area contributed by atoms with Gasteiger partial charge in [0.1, 0.15) is 17.6 Å². The fourth-order valence-corrected chi connectivity index (χ4v) is 4.91. The summed E-state index contributed by atoms with van der Waals surface area (Å²) in [6, 6.07) is 13.9. The number of nitriles is 1. The highest BCUT2D eigenvalue weighted by Gasteiger charge is 2.25. The van der Waals surface area contributed by atoms with Crippen molar-refractivity contribution in [2.75, 3.05) is 13.1 Å². The molecule has 0 radical (unpaired) electrons. The highest BCUT2D eigenvalue weighted by atomic mass is 127. The van der Waals surface area contributed by atoms with Gasteiger partial charge in [-0.2, -0.15) is 10.4 Å². The van der Waals surface area contributed by atoms with Crippen LogP contribution in [0.1, 0.15) is 28.2 Å². The molecule has 1 aliphatic rings. The molecule has 33 heavy (non-hydrogen) atoms. The molecule has 0 spiro atoms. The lowest BCUT2D eigenvalue weighted by atomic mass is 10.1. The molecule has 1 fully saturated rings. The van der Waals surface area contributed by atoms with Crippen molar-refractivity contribution in [3.63, 3.8) is 0 Å². The average Bonchev–Trinajstić information content (AvgIpc) is 3.51. The molecule has 2 aromatic carbocycles. The quantitative estimate of drug-likeness (QED) is 0.380. The molecule has 8 nitrogen and oxygen atoms in total. The largest absolute Gasteiger partial charge is 0.347 e. The molecule has 1 unspecified atom stereocenters. The highest BCUT2D eigenvalue weighted by Crippen LogP contribution is 2.30. The van der Waals surface area contributed by atoms with E-state index in [2.05, 4.69) is 50.5 Å². The van der Waals surface area contributed by atoms with Crippen molar-refractivity contribution >= 4 is 39.4 Å². The van der Waals surface area contributed by atoms with Gasteiger partial charge in [-0.3, -0.25) is 14.0 Å². The van der Waals surface area contributed by atoms with E-state index < -0.39 is 0 Å². The summed E-state index contributed by atoms with van der Waals surface area (Å²) in [5, 5.41) is 21.2. The van der Waals surface area contributed by atoms with Crippen LogP contribution >= 0.6 is 22.6 Å². The summed E-state index contributed by atoms with van der Waals surface area (Å²) in [7, 11) is 1.90. The number of nitrogens with zero attached hydrogens (tertiary/aromatic N) is 5. The van der Waals surface area contributed by atoms with Crippen molar-refractivity contribution < 1.29 is 4.79 Å². The molecule has 1 saturated heterocycles. The molecule has 1 aliphatic heterocycles. The third-order valence-corrected chi connectivity index (χ3v) is 6.82. The zero-order chi connectivity index (χ0) is 23.1. The number of hydrogen-bond donors (Lipinski definition) is 2. The highest BCUT2D eigenvalue weighted by molar-refractivity contribution is 14.1. The number of halogens is 1. The van der Waals surface area contributed by atoms with Crippen LogP contribution in [0.5, 0.6) is 0 Å². The number of hydrogen-bond acceptors (Lipinski definition) is 5. The Kier molecular flexibility index (Phi) is 5.64. The van der Waals surface area contributed by atoms with E-state index in [1.807, 2.05) is 49.0 Å². The van der Waals surface area contributed by atoms with Crippen LogP contribution in [0.2, 0.25) is 0 Å². The van der Waals surface area contributed by atoms with Crippen LogP contribution in [0.15, 0.2) is 42.6 Å². The lowest BCUT2D eigenvalue weighted by Gasteiger charge is -2.12. The Morgan fingerprint density at radius 3 is 2.88 bits per heavy atom. The van der Waals surface area contributed by atoms with Crippen molar-refractivity contribution in [3.05, 3.63) is 63.1 Å².